The lowest BCUT2D eigenvalue weighted by Gasteiger charge is -2.30. The molecule has 1 saturated heterocycles. The van der Waals surface area contributed by atoms with Crippen molar-refractivity contribution in [3.8, 4) is 5.75 Å². The van der Waals surface area contributed by atoms with Gasteiger partial charge < -0.3 is 15.4 Å². The number of aliphatic imine (C=N–C) groups is 1. The van der Waals surface area contributed by atoms with Gasteiger partial charge in [0.2, 0.25) is 0 Å². The van der Waals surface area contributed by atoms with Crippen LogP contribution < -0.4 is 15.4 Å². The molecule has 0 spiro atoms. The minimum Gasteiger partial charge on any atom is -0.497 e. The quantitative estimate of drug-likeness (QED) is 0.283. The second-order valence-electron chi connectivity index (χ2n) is 7.44. The SMILES string of the molecule is CCN(CC)C(C)CNC(=NC)NCC(c1cccc(OC)c1)N1CCCC1.I. The maximum absolute atomic E-state index is 5.44. The first-order chi connectivity index (χ1) is 13.6. The monoisotopic (exact) mass is 517 g/mol. The number of nitrogens with zero attached hydrogens (tertiary/aromatic N) is 3. The van der Waals surface area contributed by atoms with Gasteiger partial charge >= 0.3 is 0 Å². The number of likely N-dealkylation sites (tertiary alicyclic amines) is 1. The van der Waals surface area contributed by atoms with Crippen LogP contribution in [0.4, 0.5) is 0 Å². The molecule has 0 amide bonds. The van der Waals surface area contributed by atoms with Crippen LogP contribution in [0.1, 0.15) is 45.2 Å². The number of methoxy groups -OCH3 is 1. The summed E-state index contributed by atoms with van der Waals surface area (Å²) in [5.41, 5.74) is 1.29. The van der Waals surface area contributed by atoms with Gasteiger partial charge in [0.05, 0.1) is 13.2 Å². The van der Waals surface area contributed by atoms with Crippen molar-refractivity contribution in [1.82, 2.24) is 20.4 Å². The summed E-state index contributed by atoms with van der Waals surface area (Å²) in [5.74, 6) is 1.78. The van der Waals surface area contributed by atoms with Gasteiger partial charge in [0.1, 0.15) is 5.75 Å². The lowest BCUT2D eigenvalue weighted by atomic mass is 10.1. The molecule has 1 aliphatic heterocycles. The molecule has 0 aromatic heterocycles. The fraction of sp³-hybridized carbons (Fsp3) is 0.682. The third kappa shape index (κ3) is 7.94. The van der Waals surface area contributed by atoms with E-state index in [0.717, 1.165) is 51.0 Å². The van der Waals surface area contributed by atoms with Crippen molar-refractivity contribution in [3.63, 3.8) is 0 Å². The Hall–Kier alpha value is -1.06. The van der Waals surface area contributed by atoms with E-state index in [0.29, 0.717) is 12.1 Å². The van der Waals surface area contributed by atoms with Crippen LogP contribution >= 0.6 is 24.0 Å². The molecule has 1 aliphatic rings. The van der Waals surface area contributed by atoms with Crippen molar-refractivity contribution in [2.75, 3.05) is 53.4 Å². The van der Waals surface area contributed by atoms with Crippen LogP contribution in [-0.4, -0.2) is 75.2 Å². The molecule has 0 radical (unpaired) electrons. The molecular weight excluding hydrogens is 477 g/mol. The fourth-order valence-corrected chi connectivity index (χ4v) is 3.99. The third-order valence-corrected chi connectivity index (χ3v) is 5.75. The number of nitrogens with one attached hydrogen (secondary N) is 2. The van der Waals surface area contributed by atoms with Crippen molar-refractivity contribution >= 4 is 29.9 Å². The molecule has 2 N–H and O–H groups in total. The van der Waals surface area contributed by atoms with E-state index in [4.69, 9.17) is 4.74 Å². The number of guanidine groups is 1. The van der Waals surface area contributed by atoms with E-state index in [-0.39, 0.29) is 24.0 Å². The zero-order valence-electron chi connectivity index (χ0n) is 18.8. The third-order valence-electron chi connectivity index (χ3n) is 5.75. The standard InChI is InChI=1S/C22H39N5O.HI/c1-6-26(7-2)18(3)16-24-22(23-4)25-17-21(27-13-8-9-14-27)19-11-10-12-20(15-19)28-5;/h10-12,15,18,21H,6-9,13-14,16-17H2,1-5H3,(H2,23,24,25);1H. The molecule has 1 aromatic rings. The van der Waals surface area contributed by atoms with Gasteiger partial charge in [0, 0.05) is 26.2 Å². The van der Waals surface area contributed by atoms with E-state index >= 15 is 0 Å². The minimum absolute atomic E-state index is 0. The molecule has 166 valence electrons. The van der Waals surface area contributed by atoms with Crippen molar-refractivity contribution in [2.24, 2.45) is 4.99 Å². The summed E-state index contributed by atoms with van der Waals surface area (Å²) < 4.78 is 5.44. The van der Waals surface area contributed by atoms with Gasteiger partial charge in [-0.3, -0.25) is 14.8 Å². The molecular formula is C22H40IN5O. The highest BCUT2D eigenvalue weighted by atomic mass is 127. The van der Waals surface area contributed by atoms with Crippen molar-refractivity contribution in [3.05, 3.63) is 29.8 Å². The highest BCUT2D eigenvalue weighted by Crippen LogP contribution is 2.27. The number of ether oxygens (including phenoxy) is 1. The summed E-state index contributed by atoms with van der Waals surface area (Å²) in [5, 5.41) is 7.04. The van der Waals surface area contributed by atoms with E-state index < -0.39 is 0 Å². The molecule has 0 bridgehead atoms. The molecule has 2 atom stereocenters. The van der Waals surface area contributed by atoms with E-state index in [9.17, 15) is 0 Å². The number of halogens is 1. The van der Waals surface area contributed by atoms with Crippen LogP contribution in [0, 0.1) is 0 Å². The van der Waals surface area contributed by atoms with Crippen LogP contribution in [0.2, 0.25) is 0 Å². The average molecular weight is 518 g/mol. The number of hydrogen-bond acceptors (Lipinski definition) is 4. The summed E-state index contributed by atoms with van der Waals surface area (Å²) in [6, 6.07) is 9.23. The normalized spacial score (nSPS) is 17.0. The minimum atomic E-state index is 0. The van der Waals surface area contributed by atoms with Gasteiger partial charge in [-0.05, 0) is 63.6 Å². The molecule has 2 rings (SSSR count). The van der Waals surface area contributed by atoms with E-state index in [1.807, 2.05) is 13.1 Å². The number of benzene rings is 1. The second kappa shape index (κ2) is 14.0. The topological polar surface area (TPSA) is 52.1 Å². The predicted molar refractivity (Wildman–Crippen MR) is 134 cm³/mol. The van der Waals surface area contributed by atoms with Gasteiger partial charge in [0.25, 0.3) is 0 Å². The van der Waals surface area contributed by atoms with Crippen LogP contribution in [0.15, 0.2) is 29.3 Å². The zero-order valence-corrected chi connectivity index (χ0v) is 21.1. The first kappa shape index (κ1) is 26.0. The second-order valence-corrected chi connectivity index (χ2v) is 7.44. The van der Waals surface area contributed by atoms with E-state index in [2.05, 4.69) is 64.4 Å². The lowest BCUT2D eigenvalue weighted by Crippen LogP contribution is -2.47. The summed E-state index contributed by atoms with van der Waals surface area (Å²) in [6.45, 7) is 12.8. The molecule has 6 nitrogen and oxygen atoms in total. The lowest BCUT2D eigenvalue weighted by molar-refractivity contribution is 0.230. The molecule has 1 heterocycles. The Labute approximate surface area is 194 Å². The van der Waals surface area contributed by atoms with Crippen molar-refractivity contribution in [1.29, 1.82) is 0 Å². The van der Waals surface area contributed by atoms with Crippen LogP contribution in [0.5, 0.6) is 5.75 Å². The summed E-state index contributed by atoms with van der Waals surface area (Å²) >= 11 is 0. The Morgan fingerprint density at radius 2 is 1.83 bits per heavy atom. The largest absolute Gasteiger partial charge is 0.497 e. The fourth-order valence-electron chi connectivity index (χ4n) is 3.99. The Bertz CT molecular complexity index is 603. The average Bonchev–Trinajstić information content (AvgIpc) is 3.26. The zero-order chi connectivity index (χ0) is 20.4. The Morgan fingerprint density at radius 3 is 2.41 bits per heavy atom. The smallest absolute Gasteiger partial charge is 0.191 e. The van der Waals surface area contributed by atoms with E-state index in [1.165, 1.54) is 18.4 Å². The highest BCUT2D eigenvalue weighted by molar-refractivity contribution is 14.0. The Balaban J connectivity index is 0.00000420. The predicted octanol–water partition coefficient (Wildman–Crippen LogP) is 3.35. The molecule has 1 fully saturated rings. The van der Waals surface area contributed by atoms with Gasteiger partial charge in [-0.25, -0.2) is 0 Å². The van der Waals surface area contributed by atoms with Crippen molar-refractivity contribution < 1.29 is 4.74 Å². The van der Waals surface area contributed by atoms with Crippen LogP contribution in [0.3, 0.4) is 0 Å². The number of rotatable bonds is 10. The summed E-state index contributed by atoms with van der Waals surface area (Å²) in [4.78, 5) is 9.44. The highest BCUT2D eigenvalue weighted by Gasteiger charge is 2.24. The Kier molecular flexibility index (Phi) is 12.6. The molecule has 7 heteroatoms. The molecule has 0 saturated carbocycles. The number of hydrogen-bond donors (Lipinski definition) is 2. The van der Waals surface area contributed by atoms with E-state index in [1.54, 1.807) is 7.11 Å². The molecule has 29 heavy (non-hydrogen) atoms. The first-order valence-corrected chi connectivity index (χ1v) is 10.7. The first-order valence-electron chi connectivity index (χ1n) is 10.7. The molecule has 1 aromatic carbocycles. The van der Waals surface area contributed by atoms with Gasteiger partial charge in [-0.15, -0.1) is 24.0 Å². The molecule has 0 aliphatic carbocycles. The van der Waals surface area contributed by atoms with Gasteiger partial charge in [-0.2, -0.15) is 0 Å². The van der Waals surface area contributed by atoms with Crippen LogP contribution in [-0.2, 0) is 0 Å². The summed E-state index contributed by atoms with van der Waals surface area (Å²) in [7, 11) is 3.57. The Morgan fingerprint density at radius 1 is 1.17 bits per heavy atom. The molecule has 2 unspecified atom stereocenters. The summed E-state index contributed by atoms with van der Waals surface area (Å²) in [6.07, 6.45) is 2.55. The van der Waals surface area contributed by atoms with Gasteiger partial charge in [-0.1, -0.05) is 26.0 Å². The van der Waals surface area contributed by atoms with Crippen LogP contribution in [0.25, 0.3) is 0 Å². The van der Waals surface area contributed by atoms with Gasteiger partial charge in [0.15, 0.2) is 5.96 Å². The maximum Gasteiger partial charge on any atom is 0.191 e. The maximum atomic E-state index is 5.44. The van der Waals surface area contributed by atoms with Crippen molar-refractivity contribution in [2.45, 2.75) is 45.7 Å². The number of likely N-dealkylation sites (N-methyl/N-ethyl adjacent to an activating group) is 1.